The van der Waals surface area contributed by atoms with Gasteiger partial charge >= 0.3 is 0 Å². The average molecular weight is 322 g/mol. The monoisotopic (exact) mass is 321 g/mol. The Labute approximate surface area is 138 Å². The molecule has 0 saturated carbocycles. The number of β-amino-alcohol motifs (C(OH)–C–C–N with tert-alkyl or cyclic N) is 1. The molecule has 0 aromatic heterocycles. The summed E-state index contributed by atoms with van der Waals surface area (Å²) < 4.78 is 5.85. The molecule has 120 valence electrons. The molecule has 1 aliphatic heterocycles. The van der Waals surface area contributed by atoms with Gasteiger partial charge in [0.05, 0.1) is 0 Å². The molecule has 1 atom stereocenters. The number of hydrogen-bond donors (Lipinski definition) is 1. The number of likely N-dealkylation sites (tertiary alicyclic amines) is 1. The van der Waals surface area contributed by atoms with Crippen LogP contribution in [0.4, 0.5) is 0 Å². The van der Waals surface area contributed by atoms with E-state index in [0.29, 0.717) is 13.2 Å². The summed E-state index contributed by atoms with van der Waals surface area (Å²) in [4.78, 5) is 2.33. The fourth-order valence-electron chi connectivity index (χ4n) is 3.00. The second kappa shape index (κ2) is 8.37. The summed E-state index contributed by atoms with van der Waals surface area (Å²) in [6.45, 7) is 3.27. The van der Waals surface area contributed by atoms with Gasteiger partial charge in [0.2, 0.25) is 0 Å². The number of aliphatic hydroxyl groups is 1. The first-order valence-corrected chi connectivity index (χ1v) is 7.84. The number of fused-ring (bicyclic) bond motifs is 1. The van der Waals surface area contributed by atoms with Crippen LogP contribution in [0.3, 0.4) is 0 Å². The standard InChI is InChI=1S/C18H23NO2.ClH/c20-16(13-19-11-4-1-5-12-19)14-21-18-10-6-8-15-7-2-3-9-17(15)18;/h2-3,6-10,16,20H,1,4-5,11-14H2;1H. The summed E-state index contributed by atoms with van der Waals surface area (Å²) in [5, 5.41) is 12.4. The Morgan fingerprint density at radius 2 is 1.73 bits per heavy atom. The highest BCUT2D eigenvalue weighted by Gasteiger charge is 2.15. The number of aliphatic hydroxyl groups excluding tert-OH is 1. The maximum atomic E-state index is 10.2. The molecule has 3 rings (SSSR count). The van der Waals surface area contributed by atoms with Crippen molar-refractivity contribution in [1.29, 1.82) is 0 Å². The van der Waals surface area contributed by atoms with Gasteiger partial charge in [0.1, 0.15) is 18.5 Å². The van der Waals surface area contributed by atoms with Gasteiger partial charge in [0.15, 0.2) is 0 Å². The topological polar surface area (TPSA) is 32.7 Å². The van der Waals surface area contributed by atoms with Crippen molar-refractivity contribution in [3.8, 4) is 5.75 Å². The first kappa shape index (κ1) is 17.1. The van der Waals surface area contributed by atoms with Gasteiger partial charge in [-0.15, -0.1) is 12.4 Å². The molecule has 0 amide bonds. The second-order valence-corrected chi connectivity index (χ2v) is 5.80. The Hall–Kier alpha value is -1.29. The van der Waals surface area contributed by atoms with E-state index in [1.54, 1.807) is 0 Å². The normalized spacial score (nSPS) is 17.0. The summed E-state index contributed by atoms with van der Waals surface area (Å²) in [6.07, 6.45) is 3.38. The van der Waals surface area contributed by atoms with Crippen LogP contribution in [0.15, 0.2) is 42.5 Å². The third kappa shape index (κ3) is 4.35. The van der Waals surface area contributed by atoms with Gasteiger partial charge < -0.3 is 14.7 Å². The van der Waals surface area contributed by atoms with Crippen molar-refractivity contribution in [2.75, 3.05) is 26.2 Å². The molecule has 3 nitrogen and oxygen atoms in total. The van der Waals surface area contributed by atoms with E-state index >= 15 is 0 Å². The van der Waals surface area contributed by atoms with Crippen LogP contribution in [0.5, 0.6) is 5.75 Å². The van der Waals surface area contributed by atoms with E-state index in [0.717, 1.165) is 24.2 Å². The Balaban J connectivity index is 0.00000176. The molecule has 1 fully saturated rings. The minimum atomic E-state index is -0.429. The van der Waals surface area contributed by atoms with Crippen LogP contribution in [0.2, 0.25) is 0 Å². The van der Waals surface area contributed by atoms with E-state index in [9.17, 15) is 5.11 Å². The Kier molecular flexibility index (Phi) is 6.49. The predicted molar refractivity (Wildman–Crippen MR) is 93.0 cm³/mol. The van der Waals surface area contributed by atoms with Gasteiger partial charge in [0, 0.05) is 11.9 Å². The van der Waals surface area contributed by atoms with Gasteiger partial charge in [0.25, 0.3) is 0 Å². The van der Waals surface area contributed by atoms with Gasteiger partial charge in [-0.2, -0.15) is 0 Å². The fourth-order valence-corrected chi connectivity index (χ4v) is 3.00. The van der Waals surface area contributed by atoms with Gasteiger partial charge in [-0.25, -0.2) is 0 Å². The summed E-state index contributed by atoms with van der Waals surface area (Å²) in [7, 11) is 0. The van der Waals surface area contributed by atoms with Crippen LogP contribution < -0.4 is 4.74 Å². The molecule has 22 heavy (non-hydrogen) atoms. The molecular formula is C18H24ClNO2. The summed E-state index contributed by atoms with van der Waals surface area (Å²) in [6, 6.07) is 14.2. The quantitative estimate of drug-likeness (QED) is 0.915. The van der Waals surface area contributed by atoms with Crippen LogP contribution >= 0.6 is 12.4 Å². The lowest BCUT2D eigenvalue weighted by Gasteiger charge is -2.28. The van der Waals surface area contributed by atoms with Gasteiger partial charge in [-0.1, -0.05) is 42.8 Å². The van der Waals surface area contributed by atoms with Crippen molar-refractivity contribution in [2.24, 2.45) is 0 Å². The van der Waals surface area contributed by atoms with Gasteiger partial charge in [-0.3, -0.25) is 0 Å². The van der Waals surface area contributed by atoms with Crippen LogP contribution in [-0.4, -0.2) is 42.4 Å². The highest BCUT2D eigenvalue weighted by molar-refractivity contribution is 5.88. The molecule has 0 spiro atoms. The number of hydrogen-bond acceptors (Lipinski definition) is 3. The second-order valence-electron chi connectivity index (χ2n) is 5.80. The number of halogens is 1. The minimum Gasteiger partial charge on any atom is -0.490 e. The van der Waals surface area contributed by atoms with Crippen LogP contribution in [0, 0.1) is 0 Å². The molecule has 1 N–H and O–H groups in total. The molecule has 1 heterocycles. The molecule has 0 aliphatic carbocycles. The van der Waals surface area contributed by atoms with E-state index in [2.05, 4.69) is 23.1 Å². The first-order chi connectivity index (χ1) is 10.3. The predicted octanol–water partition coefficient (Wildman–Crippen LogP) is 3.49. The molecule has 1 aliphatic rings. The summed E-state index contributed by atoms with van der Waals surface area (Å²) in [5.74, 6) is 0.853. The minimum absolute atomic E-state index is 0. The SMILES string of the molecule is Cl.OC(COc1cccc2ccccc12)CN1CCCCC1. The lowest BCUT2D eigenvalue weighted by Crippen LogP contribution is -2.38. The van der Waals surface area contributed by atoms with Crippen LogP contribution in [0.1, 0.15) is 19.3 Å². The molecule has 4 heteroatoms. The smallest absolute Gasteiger partial charge is 0.127 e. The molecular weight excluding hydrogens is 298 g/mol. The maximum absolute atomic E-state index is 10.2. The van der Waals surface area contributed by atoms with Crippen molar-refractivity contribution in [1.82, 2.24) is 4.90 Å². The van der Waals surface area contributed by atoms with E-state index in [-0.39, 0.29) is 12.4 Å². The van der Waals surface area contributed by atoms with Crippen molar-refractivity contribution < 1.29 is 9.84 Å². The third-order valence-corrected chi connectivity index (χ3v) is 4.10. The molecule has 2 aromatic rings. The molecule has 2 aromatic carbocycles. The Bertz CT molecular complexity index is 579. The zero-order valence-corrected chi connectivity index (χ0v) is 13.6. The molecule has 0 bridgehead atoms. The Morgan fingerprint density at radius 1 is 1.00 bits per heavy atom. The van der Waals surface area contributed by atoms with E-state index in [1.165, 1.54) is 24.6 Å². The van der Waals surface area contributed by atoms with Crippen molar-refractivity contribution >= 4 is 23.2 Å². The third-order valence-electron chi connectivity index (χ3n) is 4.10. The molecule has 0 radical (unpaired) electrons. The largest absolute Gasteiger partial charge is 0.490 e. The first-order valence-electron chi connectivity index (χ1n) is 7.84. The summed E-state index contributed by atoms with van der Waals surface area (Å²) >= 11 is 0. The highest BCUT2D eigenvalue weighted by Crippen LogP contribution is 2.25. The number of benzene rings is 2. The van der Waals surface area contributed by atoms with E-state index in [1.807, 2.05) is 24.3 Å². The van der Waals surface area contributed by atoms with Crippen molar-refractivity contribution in [2.45, 2.75) is 25.4 Å². The van der Waals surface area contributed by atoms with E-state index in [4.69, 9.17) is 4.74 Å². The van der Waals surface area contributed by atoms with Crippen LogP contribution in [0.25, 0.3) is 10.8 Å². The van der Waals surface area contributed by atoms with Crippen molar-refractivity contribution in [3.63, 3.8) is 0 Å². The maximum Gasteiger partial charge on any atom is 0.127 e. The number of nitrogens with zero attached hydrogens (tertiary/aromatic N) is 1. The lowest BCUT2D eigenvalue weighted by molar-refractivity contribution is 0.0622. The highest BCUT2D eigenvalue weighted by atomic mass is 35.5. The summed E-state index contributed by atoms with van der Waals surface area (Å²) in [5.41, 5.74) is 0. The van der Waals surface area contributed by atoms with Gasteiger partial charge in [-0.05, 0) is 37.4 Å². The Morgan fingerprint density at radius 3 is 2.55 bits per heavy atom. The number of rotatable bonds is 5. The zero-order chi connectivity index (χ0) is 14.5. The lowest BCUT2D eigenvalue weighted by atomic mass is 10.1. The molecule has 1 saturated heterocycles. The fraction of sp³-hybridized carbons (Fsp3) is 0.444. The van der Waals surface area contributed by atoms with E-state index < -0.39 is 6.10 Å². The van der Waals surface area contributed by atoms with Crippen molar-refractivity contribution in [3.05, 3.63) is 42.5 Å². The average Bonchev–Trinajstić information content (AvgIpc) is 2.54. The zero-order valence-electron chi connectivity index (χ0n) is 12.8. The number of piperidine rings is 1. The molecule has 1 unspecified atom stereocenters. The number of ether oxygens (including phenoxy) is 1. The van der Waals surface area contributed by atoms with Crippen LogP contribution in [-0.2, 0) is 0 Å².